The molecule has 8 heteroatoms. The molecule has 2 aliphatic heterocycles. The van der Waals surface area contributed by atoms with Crippen LogP contribution in [0.15, 0.2) is 18.2 Å². The number of carbonyl (C=O) groups is 2. The number of alkyl halides is 2. The van der Waals surface area contributed by atoms with Crippen LogP contribution in [-0.2, 0) is 4.79 Å². The van der Waals surface area contributed by atoms with Gasteiger partial charge in [-0.2, -0.15) is 0 Å². The van der Waals surface area contributed by atoms with Gasteiger partial charge in [0.2, 0.25) is 5.91 Å². The van der Waals surface area contributed by atoms with Crippen molar-refractivity contribution in [2.24, 2.45) is 0 Å². The molecule has 0 spiro atoms. The topological polar surface area (TPSA) is 67.9 Å². The normalized spacial score (nSPS) is 20.4. The Bertz CT molecular complexity index is 576. The molecule has 2 aliphatic rings. The summed E-state index contributed by atoms with van der Waals surface area (Å²) in [7, 11) is 0. The van der Waals surface area contributed by atoms with E-state index in [9.17, 15) is 18.4 Å². The second-order valence-corrected chi connectivity index (χ2v) is 4.05. The Kier molecular flexibility index (Phi) is 2.34. The average Bonchev–Trinajstić information content (AvgIpc) is 2.61. The van der Waals surface area contributed by atoms with Gasteiger partial charge in [-0.1, -0.05) is 0 Å². The Hall–Kier alpha value is -2.38. The molecule has 1 saturated heterocycles. The number of urea groups is 1. The van der Waals surface area contributed by atoms with Crippen LogP contribution in [0.5, 0.6) is 11.5 Å². The van der Waals surface area contributed by atoms with Crippen LogP contribution < -0.4 is 19.7 Å². The number of fused-ring (bicyclic) bond motifs is 1. The molecule has 0 aromatic heterocycles. The van der Waals surface area contributed by atoms with Crippen molar-refractivity contribution in [3.05, 3.63) is 18.2 Å². The third kappa shape index (κ3) is 2.05. The number of nitrogens with zero attached hydrogens (tertiary/aromatic N) is 1. The molecule has 1 aromatic carbocycles. The van der Waals surface area contributed by atoms with Gasteiger partial charge in [-0.25, -0.2) is 4.79 Å². The quantitative estimate of drug-likeness (QED) is 0.838. The average molecular weight is 270 g/mol. The van der Waals surface area contributed by atoms with Crippen molar-refractivity contribution in [1.82, 2.24) is 5.32 Å². The van der Waals surface area contributed by atoms with Crippen molar-refractivity contribution in [2.45, 2.75) is 12.7 Å². The summed E-state index contributed by atoms with van der Waals surface area (Å²) in [6.45, 7) is 0.181. The van der Waals surface area contributed by atoms with Crippen molar-refractivity contribution < 1.29 is 27.8 Å². The molecule has 19 heavy (non-hydrogen) atoms. The van der Waals surface area contributed by atoms with Gasteiger partial charge in [0.25, 0.3) is 0 Å². The first kappa shape index (κ1) is 11.7. The van der Waals surface area contributed by atoms with Crippen LogP contribution >= 0.6 is 0 Å². The number of rotatable bonds is 1. The fourth-order valence-corrected chi connectivity index (χ4v) is 1.92. The van der Waals surface area contributed by atoms with Crippen LogP contribution in [0.4, 0.5) is 19.3 Å². The third-order valence-electron chi connectivity index (χ3n) is 2.75. The monoisotopic (exact) mass is 270 g/mol. The highest BCUT2D eigenvalue weighted by molar-refractivity contribution is 6.05. The molecule has 6 nitrogen and oxygen atoms in total. The Morgan fingerprint density at radius 3 is 2.68 bits per heavy atom. The predicted octanol–water partition coefficient (Wildman–Crippen LogP) is 1.45. The maximum absolute atomic E-state index is 12.9. The minimum absolute atomic E-state index is 0.0951. The lowest BCUT2D eigenvalue weighted by Gasteiger charge is -2.26. The van der Waals surface area contributed by atoms with Crippen molar-refractivity contribution in [3.63, 3.8) is 0 Å². The lowest BCUT2D eigenvalue weighted by molar-refractivity contribution is -0.286. The Labute approximate surface area is 105 Å². The Balaban J connectivity index is 1.88. The summed E-state index contributed by atoms with van der Waals surface area (Å²) < 4.78 is 34.3. The van der Waals surface area contributed by atoms with Crippen LogP contribution in [0.1, 0.15) is 6.42 Å². The summed E-state index contributed by atoms with van der Waals surface area (Å²) in [5.41, 5.74) is 0.352. The zero-order valence-corrected chi connectivity index (χ0v) is 9.48. The van der Waals surface area contributed by atoms with E-state index >= 15 is 0 Å². The second kappa shape index (κ2) is 3.81. The van der Waals surface area contributed by atoms with Crippen LogP contribution in [0, 0.1) is 0 Å². The number of hydrogen-bond donors (Lipinski definition) is 1. The van der Waals surface area contributed by atoms with Crippen LogP contribution in [0.3, 0.4) is 0 Å². The van der Waals surface area contributed by atoms with Crippen LogP contribution in [-0.4, -0.2) is 24.8 Å². The number of carbonyl (C=O) groups excluding carboxylic acids is 2. The molecule has 3 amide bonds. The number of anilines is 1. The summed E-state index contributed by atoms with van der Waals surface area (Å²) in [4.78, 5) is 23.9. The molecule has 1 fully saturated rings. The van der Waals surface area contributed by atoms with E-state index in [1.165, 1.54) is 23.1 Å². The largest absolute Gasteiger partial charge is 0.586 e. The van der Waals surface area contributed by atoms with E-state index in [-0.39, 0.29) is 30.4 Å². The third-order valence-corrected chi connectivity index (χ3v) is 2.75. The van der Waals surface area contributed by atoms with Gasteiger partial charge in [-0.3, -0.25) is 15.0 Å². The fourth-order valence-electron chi connectivity index (χ4n) is 1.92. The minimum atomic E-state index is -3.69. The van der Waals surface area contributed by atoms with Crippen molar-refractivity contribution in [3.8, 4) is 11.5 Å². The fraction of sp³-hybridized carbons (Fsp3) is 0.273. The molecule has 0 aliphatic carbocycles. The smallest absolute Gasteiger partial charge is 0.395 e. The summed E-state index contributed by atoms with van der Waals surface area (Å²) in [6.07, 6.45) is -3.54. The van der Waals surface area contributed by atoms with Gasteiger partial charge in [-0.05, 0) is 12.1 Å². The van der Waals surface area contributed by atoms with E-state index in [1.54, 1.807) is 0 Å². The highest BCUT2D eigenvalue weighted by Gasteiger charge is 2.43. The van der Waals surface area contributed by atoms with E-state index < -0.39 is 12.3 Å². The first-order valence-corrected chi connectivity index (χ1v) is 5.46. The number of halogens is 2. The van der Waals surface area contributed by atoms with Gasteiger partial charge >= 0.3 is 12.3 Å². The van der Waals surface area contributed by atoms with E-state index in [2.05, 4.69) is 14.8 Å². The van der Waals surface area contributed by atoms with Gasteiger partial charge < -0.3 is 9.47 Å². The van der Waals surface area contributed by atoms with E-state index in [4.69, 9.17) is 0 Å². The number of imide groups is 1. The summed E-state index contributed by atoms with van der Waals surface area (Å²) in [5, 5.41) is 2.14. The summed E-state index contributed by atoms with van der Waals surface area (Å²) in [5.74, 6) is -0.608. The van der Waals surface area contributed by atoms with Crippen LogP contribution in [0.25, 0.3) is 0 Å². The zero-order chi connectivity index (χ0) is 13.6. The second-order valence-electron chi connectivity index (χ2n) is 4.05. The number of hydrogen-bond acceptors (Lipinski definition) is 4. The summed E-state index contributed by atoms with van der Waals surface area (Å²) in [6, 6.07) is 3.40. The highest BCUT2D eigenvalue weighted by atomic mass is 19.3. The molecule has 2 heterocycles. The van der Waals surface area contributed by atoms with Gasteiger partial charge in [-0.15, -0.1) is 8.78 Å². The van der Waals surface area contributed by atoms with Crippen molar-refractivity contribution >= 4 is 17.6 Å². The van der Waals surface area contributed by atoms with Gasteiger partial charge in [0.1, 0.15) is 0 Å². The molecule has 3 rings (SSSR count). The SMILES string of the molecule is O=C1CCN(c2ccc3c(c2)OC(F)(F)O3)C(=O)N1. The van der Waals surface area contributed by atoms with Crippen molar-refractivity contribution in [1.29, 1.82) is 0 Å². The Morgan fingerprint density at radius 1 is 1.21 bits per heavy atom. The molecule has 0 bridgehead atoms. The molecule has 0 unspecified atom stereocenters. The molecule has 1 N–H and O–H groups in total. The van der Waals surface area contributed by atoms with Crippen LogP contribution in [0.2, 0.25) is 0 Å². The molecular formula is C11H8F2N2O4. The molecule has 0 saturated carbocycles. The number of benzene rings is 1. The van der Waals surface area contributed by atoms with Gasteiger partial charge in [0.15, 0.2) is 11.5 Å². The number of amides is 3. The minimum Gasteiger partial charge on any atom is -0.395 e. The molecule has 100 valence electrons. The molecule has 0 atom stereocenters. The van der Waals surface area contributed by atoms with Gasteiger partial charge in [0, 0.05) is 24.7 Å². The van der Waals surface area contributed by atoms with E-state index in [0.717, 1.165) is 0 Å². The standard InChI is InChI=1S/C11H8F2N2O4/c12-11(13)18-7-2-1-6(5-8(7)19-11)15-4-3-9(16)14-10(15)17/h1-2,5H,3-4H2,(H,14,16,17). The van der Waals surface area contributed by atoms with E-state index in [1.807, 2.05) is 0 Å². The number of ether oxygens (including phenoxy) is 2. The van der Waals surface area contributed by atoms with Gasteiger partial charge in [0.05, 0.1) is 0 Å². The maximum Gasteiger partial charge on any atom is 0.586 e. The molecule has 1 aromatic rings. The Morgan fingerprint density at radius 2 is 1.95 bits per heavy atom. The number of nitrogens with one attached hydrogen (secondary N) is 1. The highest BCUT2D eigenvalue weighted by Crippen LogP contribution is 2.42. The molecule has 0 radical (unpaired) electrons. The lowest BCUT2D eigenvalue weighted by atomic mass is 10.2. The summed E-state index contributed by atoms with van der Waals surface area (Å²) >= 11 is 0. The zero-order valence-electron chi connectivity index (χ0n) is 9.48. The van der Waals surface area contributed by atoms with E-state index in [0.29, 0.717) is 5.69 Å². The lowest BCUT2D eigenvalue weighted by Crippen LogP contribution is -2.49. The maximum atomic E-state index is 12.9. The molecular weight excluding hydrogens is 262 g/mol. The first-order chi connectivity index (χ1) is 8.94. The predicted molar refractivity (Wildman–Crippen MR) is 58.1 cm³/mol. The van der Waals surface area contributed by atoms with Crippen molar-refractivity contribution in [2.75, 3.05) is 11.4 Å². The first-order valence-electron chi connectivity index (χ1n) is 5.46.